The Labute approximate surface area is 204 Å². The molecule has 4 aromatic rings. The van der Waals surface area contributed by atoms with Crippen molar-refractivity contribution in [2.75, 3.05) is 29.9 Å². The molecule has 3 aromatic heterocycles. The summed E-state index contributed by atoms with van der Waals surface area (Å²) >= 11 is 5.90. The molecule has 0 aliphatic carbocycles. The van der Waals surface area contributed by atoms with Crippen LogP contribution in [0.15, 0.2) is 61.3 Å². The Bertz CT molecular complexity index is 1310. The van der Waals surface area contributed by atoms with Crippen LogP contribution in [0.2, 0.25) is 0 Å². The molecule has 9 heteroatoms. The second kappa shape index (κ2) is 9.34. The van der Waals surface area contributed by atoms with Crippen LogP contribution in [0.5, 0.6) is 0 Å². The van der Waals surface area contributed by atoms with Crippen molar-refractivity contribution in [3.63, 3.8) is 0 Å². The maximum Gasteiger partial charge on any atom is 0.173 e. The van der Waals surface area contributed by atoms with E-state index in [1.165, 1.54) is 0 Å². The summed E-state index contributed by atoms with van der Waals surface area (Å²) in [5, 5.41) is 9.55. The molecule has 0 bridgehead atoms. The molecule has 1 aliphatic rings. The maximum atomic E-state index is 5.90. The largest absolute Gasteiger partial charge is 0.351 e. The van der Waals surface area contributed by atoms with Crippen molar-refractivity contribution in [3.8, 4) is 11.3 Å². The summed E-state index contributed by atoms with van der Waals surface area (Å²) in [6.45, 7) is 6.91. The molecule has 5 rings (SSSR count). The Kier molecular flexibility index (Phi) is 6.10. The first-order valence-electron chi connectivity index (χ1n) is 11.5. The number of aryl methyl sites for hydroxylation is 1. The van der Waals surface area contributed by atoms with E-state index in [2.05, 4.69) is 56.2 Å². The number of benzene rings is 1. The summed E-state index contributed by atoms with van der Waals surface area (Å²) in [6, 6.07) is 10.3. The van der Waals surface area contributed by atoms with Gasteiger partial charge in [0, 0.05) is 55.7 Å². The number of anilines is 2. The van der Waals surface area contributed by atoms with Gasteiger partial charge in [0.2, 0.25) is 0 Å². The van der Waals surface area contributed by atoms with Gasteiger partial charge in [0.1, 0.15) is 5.82 Å². The van der Waals surface area contributed by atoms with Crippen molar-refractivity contribution in [1.82, 2.24) is 29.6 Å². The van der Waals surface area contributed by atoms with Gasteiger partial charge in [-0.15, -0.1) is 0 Å². The van der Waals surface area contributed by atoms with Crippen LogP contribution in [0.3, 0.4) is 0 Å². The first-order chi connectivity index (χ1) is 16.5. The van der Waals surface area contributed by atoms with Crippen LogP contribution in [0.1, 0.15) is 13.8 Å². The van der Waals surface area contributed by atoms with Gasteiger partial charge in [-0.25, -0.2) is 4.98 Å². The molecule has 8 nitrogen and oxygen atoms in total. The number of fused-ring (bicyclic) bond motifs is 1. The van der Waals surface area contributed by atoms with Gasteiger partial charge < -0.3 is 15.1 Å². The van der Waals surface area contributed by atoms with Crippen molar-refractivity contribution in [2.24, 2.45) is 13.0 Å². The zero-order valence-electron chi connectivity index (χ0n) is 19.6. The highest BCUT2D eigenvalue weighted by atomic mass is 32.1. The van der Waals surface area contributed by atoms with Gasteiger partial charge in [-0.1, -0.05) is 19.9 Å². The fourth-order valence-corrected chi connectivity index (χ4v) is 4.78. The quantitative estimate of drug-likeness (QED) is 0.447. The molecule has 1 atom stereocenters. The highest BCUT2D eigenvalue weighted by Crippen LogP contribution is 2.26. The zero-order chi connectivity index (χ0) is 23.7. The molecule has 0 spiro atoms. The third-order valence-corrected chi connectivity index (χ3v) is 6.62. The normalized spacial score (nSPS) is 16.3. The average Bonchev–Trinajstić information content (AvgIpc) is 3.30. The predicted molar refractivity (Wildman–Crippen MR) is 140 cm³/mol. The smallest absolute Gasteiger partial charge is 0.173 e. The molecule has 1 unspecified atom stereocenters. The van der Waals surface area contributed by atoms with Crippen molar-refractivity contribution in [1.29, 1.82) is 0 Å². The molecule has 1 fully saturated rings. The summed E-state index contributed by atoms with van der Waals surface area (Å²) in [5.74, 6) is 1.29. The standard InChI is InChI=1S/C25H28N8S/c1-17(2)23-16-32(24-14-26-13-22(29-24)18-12-28-31(3)15-18)10-11-33(23)25(34)30-21-8-4-7-20-19(21)6-5-9-27-20/h4-9,12-15,17,23H,10-11,16H2,1-3H3,(H,30,34). The lowest BCUT2D eigenvalue weighted by molar-refractivity contribution is 0.227. The first-order valence-corrected chi connectivity index (χ1v) is 11.9. The SMILES string of the molecule is CC(C)C1CN(c2cncc(-c3cnn(C)c3)n2)CCN1C(=S)Nc1cccc2ncccc12. The van der Waals surface area contributed by atoms with Crippen molar-refractivity contribution >= 4 is 39.7 Å². The third-order valence-electron chi connectivity index (χ3n) is 6.28. The van der Waals surface area contributed by atoms with Crippen LogP contribution < -0.4 is 10.2 Å². The number of aromatic nitrogens is 5. The minimum absolute atomic E-state index is 0.241. The molecule has 34 heavy (non-hydrogen) atoms. The molecule has 0 radical (unpaired) electrons. The maximum absolute atomic E-state index is 5.90. The van der Waals surface area contributed by atoms with Crippen LogP contribution in [-0.2, 0) is 7.05 Å². The number of hydrogen-bond donors (Lipinski definition) is 1. The molecule has 0 saturated carbocycles. The van der Waals surface area contributed by atoms with Gasteiger partial charge in [0.15, 0.2) is 5.11 Å². The monoisotopic (exact) mass is 472 g/mol. The summed E-state index contributed by atoms with van der Waals surface area (Å²) in [7, 11) is 1.90. The first kappa shape index (κ1) is 22.2. The molecular weight excluding hydrogens is 444 g/mol. The highest BCUT2D eigenvalue weighted by molar-refractivity contribution is 7.80. The van der Waals surface area contributed by atoms with Crippen LogP contribution in [-0.4, -0.2) is 60.4 Å². The van der Waals surface area contributed by atoms with Gasteiger partial charge in [-0.3, -0.25) is 14.6 Å². The Morgan fingerprint density at radius 1 is 1.12 bits per heavy atom. The van der Waals surface area contributed by atoms with E-state index >= 15 is 0 Å². The second-order valence-corrected chi connectivity index (χ2v) is 9.31. The van der Waals surface area contributed by atoms with Gasteiger partial charge in [0.05, 0.1) is 35.8 Å². The molecule has 0 amide bonds. The van der Waals surface area contributed by atoms with Gasteiger partial charge >= 0.3 is 0 Å². The van der Waals surface area contributed by atoms with Gasteiger partial charge in [-0.2, -0.15) is 5.10 Å². The van der Waals surface area contributed by atoms with E-state index in [4.69, 9.17) is 17.2 Å². The Hall–Kier alpha value is -3.59. The van der Waals surface area contributed by atoms with E-state index in [1.807, 2.05) is 50.0 Å². The number of thiocarbonyl (C=S) groups is 1. The van der Waals surface area contributed by atoms with E-state index in [9.17, 15) is 0 Å². The topological polar surface area (TPSA) is 75.0 Å². The van der Waals surface area contributed by atoms with Crippen molar-refractivity contribution < 1.29 is 0 Å². The molecule has 4 heterocycles. The fraction of sp³-hybridized carbons (Fsp3) is 0.320. The Balaban J connectivity index is 1.34. The lowest BCUT2D eigenvalue weighted by Crippen LogP contribution is -2.58. The predicted octanol–water partition coefficient (Wildman–Crippen LogP) is 3.97. The summed E-state index contributed by atoms with van der Waals surface area (Å²) in [6.07, 6.45) is 9.21. The Morgan fingerprint density at radius 3 is 2.79 bits per heavy atom. The number of nitrogens with one attached hydrogen (secondary N) is 1. The molecule has 1 aromatic carbocycles. The number of pyridine rings is 1. The molecule has 1 saturated heterocycles. The number of hydrogen-bond acceptors (Lipinski definition) is 6. The minimum atomic E-state index is 0.241. The summed E-state index contributed by atoms with van der Waals surface area (Å²) < 4.78 is 1.78. The van der Waals surface area contributed by atoms with E-state index in [0.29, 0.717) is 5.92 Å². The lowest BCUT2D eigenvalue weighted by Gasteiger charge is -2.45. The lowest BCUT2D eigenvalue weighted by atomic mass is 10.00. The average molecular weight is 473 g/mol. The van der Waals surface area contributed by atoms with Crippen LogP contribution in [0.4, 0.5) is 11.5 Å². The zero-order valence-corrected chi connectivity index (χ0v) is 20.4. The molecular formula is C25H28N8S. The third kappa shape index (κ3) is 4.43. The van der Waals surface area contributed by atoms with Crippen molar-refractivity contribution in [2.45, 2.75) is 19.9 Å². The van der Waals surface area contributed by atoms with E-state index < -0.39 is 0 Å². The van der Waals surface area contributed by atoms with Gasteiger partial charge in [-0.05, 0) is 42.4 Å². The number of rotatable bonds is 4. The van der Waals surface area contributed by atoms with E-state index in [-0.39, 0.29) is 6.04 Å². The van der Waals surface area contributed by atoms with E-state index in [0.717, 1.165) is 58.4 Å². The van der Waals surface area contributed by atoms with Crippen molar-refractivity contribution in [3.05, 3.63) is 61.3 Å². The van der Waals surface area contributed by atoms with Crippen LogP contribution >= 0.6 is 12.2 Å². The fourth-order valence-electron chi connectivity index (χ4n) is 4.44. The highest BCUT2D eigenvalue weighted by Gasteiger charge is 2.32. The minimum Gasteiger partial charge on any atom is -0.351 e. The molecule has 174 valence electrons. The van der Waals surface area contributed by atoms with E-state index in [1.54, 1.807) is 10.9 Å². The van der Waals surface area contributed by atoms with Crippen LogP contribution in [0, 0.1) is 5.92 Å². The summed E-state index contributed by atoms with van der Waals surface area (Å²) in [4.78, 5) is 18.4. The summed E-state index contributed by atoms with van der Waals surface area (Å²) in [5.41, 5.74) is 3.73. The van der Waals surface area contributed by atoms with Gasteiger partial charge in [0.25, 0.3) is 0 Å². The Morgan fingerprint density at radius 2 is 2.00 bits per heavy atom. The number of nitrogens with zero attached hydrogens (tertiary/aromatic N) is 7. The van der Waals surface area contributed by atoms with Crippen LogP contribution in [0.25, 0.3) is 22.2 Å². The second-order valence-electron chi connectivity index (χ2n) is 8.92. The number of piperazine rings is 1. The molecule has 1 N–H and O–H groups in total. The molecule has 1 aliphatic heterocycles.